The Kier molecular flexibility index (Phi) is 4.95. The summed E-state index contributed by atoms with van der Waals surface area (Å²) in [4.78, 5) is 28.8. The molecule has 0 spiro atoms. The summed E-state index contributed by atoms with van der Waals surface area (Å²) in [7, 11) is 0. The van der Waals surface area contributed by atoms with Crippen molar-refractivity contribution in [2.75, 3.05) is 23.3 Å². The van der Waals surface area contributed by atoms with E-state index >= 15 is 0 Å². The van der Waals surface area contributed by atoms with E-state index < -0.39 is 5.82 Å². The molecule has 9 heteroatoms. The molecular weight excluding hydrogens is 433 g/mol. The molecule has 0 radical (unpaired) electrons. The van der Waals surface area contributed by atoms with Crippen molar-refractivity contribution in [1.82, 2.24) is 24.7 Å². The van der Waals surface area contributed by atoms with Crippen LogP contribution in [0, 0.1) is 18.7 Å². The lowest BCUT2D eigenvalue weighted by Crippen LogP contribution is -2.56. The van der Waals surface area contributed by atoms with E-state index in [1.165, 1.54) is 18.9 Å². The predicted molar refractivity (Wildman–Crippen MR) is 129 cm³/mol. The number of aryl methyl sites for hydroxylation is 1. The third kappa shape index (κ3) is 3.75. The second-order valence-electron chi connectivity index (χ2n) is 9.45. The van der Waals surface area contributed by atoms with Crippen LogP contribution in [0.1, 0.15) is 35.8 Å². The molecule has 1 saturated heterocycles. The molecule has 1 saturated carbocycles. The number of imidazole rings is 1. The van der Waals surface area contributed by atoms with Gasteiger partial charge in [0.2, 0.25) is 0 Å². The van der Waals surface area contributed by atoms with Gasteiger partial charge in [0, 0.05) is 56.0 Å². The normalized spacial score (nSPS) is 20.7. The Morgan fingerprint density at radius 3 is 2.74 bits per heavy atom. The third-order valence-electron chi connectivity index (χ3n) is 6.67. The smallest absolute Gasteiger partial charge is 0.257 e. The highest BCUT2D eigenvalue weighted by Gasteiger charge is 2.36. The molecule has 34 heavy (non-hydrogen) atoms. The molecule has 0 bridgehead atoms. The topological polar surface area (TPSA) is 87.5 Å². The van der Waals surface area contributed by atoms with Crippen molar-refractivity contribution < 1.29 is 9.18 Å². The van der Waals surface area contributed by atoms with Crippen molar-refractivity contribution in [3.63, 3.8) is 0 Å². The van der Waals surface area contributed by atoms with Crippen LogP contribution < -0.4 is 15.5 Å². The molecule has 1 aliphatic heterocycles. The van der Waals surface area contributed by atoms with E-state index in [0.717, 1.165) is 24.7 Å². The summed E-state index contributed by atoms with van der Waals surface area (Å²) < 4.78 is 16.1. The predicted octanol–water partition coefficient (Wildman–Crippen LogP) is 3.55. The molecule has 1 amide bonds. The van der Waals surface area contributed by atoms with E-state index in [4.69, 9.17) is 0 Å². The van der Waals surface area contributed by atoms with E-state index in [1.54, 1.807) is 42.2 Å². The largest absolute Gasteiger partial charge is 0.367 e. The van der Waals surface area contributed by atoms with Crippen LogP contribution in [-0.4, -0.2) is 50.4 Å². The lowest BCUT2D eigenvalue weighted by atomic mass is 10.0. The number of anilines is 2. The van der Waals surface area contributed by atoms with Crippen LogP contribution in [0.4, 0.5) is 15.8 Å². The van der Waals surface area contributed by atoms with Gasteiger partial charge in [0.1, 0.15) is 11.0 Å². The number of piperazine rings is 1. The number of aromatic nitrogens is 4. The fraction of sp³-hybridized carbons (Fsp3) is 0.360. The number of rotatable bonds is 4. The maximum atomic E-state index is 14.5. The van der Waals surface area contributed by atoms with Gasteiger partial charge in [-0.15, -0.1) is 0 Å². The summed E-state index contributed by atoms with van der Waals surface area (Å²) in [5.74, 6) is -0.120. The number of carbonyl (C=O) groups is 1. The molecule has 1 aliphatic carbocycles. The van der Waals surface area contributed by atoms with Gasteiger partial charge in [0.05, 0.1) is 22.6 Å². The SMILES string of the molecule is Cc1cn2cc(NC(=O)c3ccc(N4C[C@@H](C5CC5)N[C@@H](C)C4)c4nccnc34)cc(F)c2n1. The molecule has 8 nitrogen and oxygen atoms in total. The van der Waals surface area contributed by atoms with Crippen LogP contribution in [0.5, 0.6) is 0 Å². The summed E-state index contributed by atoms with van der Waals surface area (Å²) in [5, 5.41) is 6.53. The molecule has 4 heterocycles. The van der Waals surface area contributed by atoms with E-state index in [-0.39, 0.29) is 11.6 Å². The van der Waals surface area contributed by atoms with Gasteiger partial charge < -0.3 is 19.9 Å². The summed E-state index contributed by atoms with van der Waals surface area (Å²) in [5.41, 5.74) is 3.89. The van der Waals surface area contributed by atoms with Crippen molar-refractivity contribution >= 4 is 34.0 Å². The molecule has 0 unspecified atom stereocenters. The number of nitrogens with zero attached hydrogens (tertiary/aromatic N) is 5. The summed E-state index contributed by atoms with van der Waals surface area (Å²) in [6.07, 6.45) is 9.18. The van der Waals surface area contributed by atoms with Crippen molar-refractivity contribution in [3.8, 4) is 0 Å². The van der Waals surface area contributed by atoms with Gasteiger partial charge in [-0.05, 0) is 44.7 Å². The Morgan fingerprint density at radius 2 is 1.94 bits per heavy atom. The minimum Gasteiger partial charge on any atom is -0.367 e. The van der Waals surface area contributed by atoms with E-state index in [9.17, 15) is 9.18 Å². The monoisotopic (exact) mass is 459 g/mol. The molecule has 174 valence electrons. The Morgan fingerprint density at radius 1 is 1.15 bits per heavy atom. The van der Waals surface area contributed by atoms with Crippen molar-refractivity contribution in [3.05, 3.63) is 60.1 Å². The van der Waals surface area contributed by atoms with Crippen LogP contribution in [0.25, 0.3) is 16.7 Å². The van der Waals surface area contributed by atoms with Gasteiger partial charge in [-0.25, -0.2) is 9.37 Å². The first-order valence-electron chi connectivity index (χ1n) is 11.7. The number of hydrogen-bond acceptors (Lipinski definition) is 6. The second kappa shape index (κ2) is 8.02. The zero-order chi connectivity index (χ0) is 23.4. The first-order chi connectivity index (χ1) is 16.5. The highest BCUT2D eigenvalue weighted by molar-refractivity contribution is 6.13. The highest BCUT2D eigenvalue weighted by atomic mass is 19.1. The minimum atomic E-state index is -0.496. The van der Waals surface area contributed by atoms with Gasteiger partial charge in [-0.3, -0.25) is 14.8 Å². The summed E-state index contributed by atoms with van der Waals surface area (Å²) >= 11 is 0. The summed E-state index contributed by atoms with van der Waals surface area (Å²) in [6.45, 7) is 5.78. The van der Waals surface area contributed by atoms with Crippen molar-refractivity contribution in [2.45, 2.75) is 38.8 Å². The van der Waals surface area contributed by atoms with Crippen LogP contribution in [0.3, 0.4) is 0 Å². The Bertz CT molecular complexity index is 1410. The average molecular weight is 460 g/mol. The number of carbonyl (C=O) groups excluding carboxylic acids is 1. The Hall–Kier alpha value is -3.59. The lowest BCUT2D eigenvalue weighted by Gasteiger charge is -2.39. The maximum absolute atomic E-state index is 14.5. The summed E-state index contributed by atoms with van der Waals surface area (Å²) in [6, 6.07) is 5.86. The van der Waals surface area contributed by atoms with Crippen molar-refractivity contribution in [1.29, 1.82) is 0 Å². The van der Waals surface area contributed by atoms with Gasteiger partial charge in [0.25, 0.3) is 5.91 Å². The number of hydrogen-bond donors (Lipinski definition) is 2. The number of nitrogens with one attached hydrogen (secondary N) is 2. The van der Waals surface area contributed by atoms with E-state index in [0.29, 0.717) is 40.1 Å². The number of benzene rings is 1. The Balaban J connectivity index is 1.33. The lowest BCUT2D eigenvalue weighted by molar-refractivity contribution is 0.102. The minimum absolute atomic E-state index is 0.228. The average Bonchev–Trinajstić information content (AvgIpc) is 3.59. The quantitative estimate of drug-likeness (QED) is 0.485. The van der Waals surface area contributed by atoms with Crippen LogP contribution in [0.2, 0.25) is 0 Å². The third-order valence-corrected chi connectivity index (χ3v) is 6.67. The zero-order valence-corrected chi connectivity index (χ0v) is 19.1. The molecule has 1 aromatic carbocycles. The molecule has 2 N–H and O–H groups in total. The van der Waals surface area contributed by atoms with Crippen LogP contribution in [-0.2, 0) is 0 Å². The Labute approximate surface area is 196 Å². The first kappa shape index (κ1) is 21.0. The van der Waals surface area contributed by atoms with Crippen LogP contribution in [0.15, 0.2) is 43.0 Å². The zero-order valence-electron chi connectivity index (χ0n) is 19.1. The van der Waals surface area contributed by atoms with Crippen LogP contribution >= 0.6 is 0 Å². The fourth-order valence-electron chi connectivity index (χ4n) is 5.02. The fourth-order valence-corrected chi connectivity index (χ4v) is 5.02. The number of pyridine rings is 1. The molecule has 4 aromatic rings. The maximum Gasteiger partial charge on any atom is 0.257 e. The van der Waals surface area contributed by atoms with Gasteiger partial charge in [-0.1, -0.05) is 0 Å². The van der Waals surface area contributed by atoms with Crippen molar-refractivity contribution in [2.24, 2.45) is 5.92 Å². The number of halogens is 1. The number of fused-ring (bicyclic) bond motifs is 2. The van der Waals surface area contributed by atoms with E-state index in [2.05, 4.69) is 37.4 Å². The molecular formula is C25H26FN7O. The number of amides is 1. The molecule has 6 rings (SSSR count). The van der Waals surface area contributed by atoms with Gasteiger partial charge in [0.15, 0.2) is 11.5 Å². The highest BCUT2D eigenvalue weighted by Crippen LogP contribution is 2.36. The first-order valence-corrected chi connectivity index (χ1v) is 11.7. The second-order valence-corrected chi connectivity index (χ2v) is 9.45. The molecule has 3 aromatic heterocycles. The molecule has 2 aliphatic rings. The molecule has 2 fully saturated rings. The standard InChI is InChI=1S/C25H26FN7O/c1-14-10-32(13-20(29-14)16-3-4-16)21-6-5-18(22-23(21)28-8-7-27-22)25(34)31-17-9-19(26)24-30-15(2)11-33(24)12-17/h5-9,11-12,14,16,20,29H,3-4,10,13H2,1-2H3,(H,31,34)/t14-,20-/m0/s1. The van der Waals surface area contributed by atoms with Gasteiger partial charge >= 0.3 is 0 Å². The van der Waals surface area contributed by atoms with E-state index in [1.807, 2.05) is 6.07 Å². The van der Waals surface area contributed by atoms with Gasteiger partial charge in [-0.2, -0.15) is 0 Å². The molecule has 2 atom stereocenters.